The van der Waals surface area contributed by atoms with Gasteiger partial charge in [0.1, 0.15) is 0 Å². The van der Waals surface area contributed by atoms with Crippen LogP contribution in [-0.2, 0) is 11.8 Å². The van der Waals surface area contributed by atoms with Crippen molar-refractivity contribution in [2.24, 2.45) is 12.0 Å². The van der Waals surface area contributed by atoms with E-state index in [-0.39, 0.29) is 17.6 Å². The molecule has 3 aromatic heterocycles. The molecule has 1 fully saturated rings. The summed E-state index contributed by atoms with van der Waals surface area (Å²) in [6.45, 7) is 6.03. The van der Waals surface area contributed by atoms with Crippen LogP contribution in [0.4, 0.5) is 0 Å². The molecular weight excluding hydrogens is 444 g/mol. The highest BCUT2D eigenvalue weighted by Crippen LogP contribution is 2.32. The SMILES string of the molecule is C=NC.COc1ccc(-c2ccc3ncc4c(c3c2)n(C2CCN(C(C)=O)CC2)c(=O)n4C)cn1. The molecule has 4 heterocycles. The third-order valence-electron chi connectivity index (χ3n) is 6.47. The monoisotopic (exact) mass is 474 g/mol. The molecule has 1 aliphatic heterocycles. The van der Waals surface area contributed by atoms with Crippen molar-refractivity contribution in [3.63, 3.8) is 0 Å². The van der Waals surface area contributed by atoms with Gasteiger partial charge in [0, 0.05) is 63.4 Å². The summed E-state index contributed by atoms with van der Waals surface area (Å²) in [5.41, 5.74) is 4.45. The van der Waals surface area contributed by atoms with Gasteiger partial charge in [-0.25, -0.2) is 9.78 Å². The number of benzene rings is 1. The Labute approximate surface area is 203 Å². The summed E-state index contributed by atoms with van der Waals surface area (Å²) in [4.78, 5) is 39.0. The van der Waals surface area contributed by atoms with E-state index in [1.54, 1.807) is 45.1 Å². The molecule has 0 unspecified atom stereocenters. The first-order chi connectivity index (χ1) is 16.9. The third-order valence-corrected chi connectivity index (χ3v) is 6.47. The first kappa shape index (κ1) is 24.1. The second-order valence-electron chi connectivity index (χ2n) is 8.58. The number of methoxy groups -OCH3 is 1. The van der Waals surface area contributed by atoms with Crippen molar-refractivity contribution >= 4 is 34.6 Å². The number of aliphatic imine (C=N–C) groups is 1. The molecule has 0 radical (unpaired) electrons. The average Bonchev–Trinajstić information content (AvgIpc) is 3.14. The quantitative estimate of drug-likeness (QED) is 0.424. The average molecular weight is 475 g/mol. The Morgan fingerprint density at radius 2 is 1.80 bits per heavy atom. The second-order valence-corrected chi connectivity index (χ2v) is 8.58. The summed E-state index contributed by atoms with van der Waals surface area (Å²) in [7, 11) is 5.02. The van der Waals surface area contributed by atoms with Crippen molar-refractivity contribution in [2.45, 2.75) is 25.8 Å². The zero-order chi connectivity index (χ0) is 25.1. The lowest BCUT2D eigenvalue weighted by Crippen LogP contribution is -2.39. The van der Waals surface area contributed by atoms with Gasteiger partial charge in [0.25, 0.3) is 0 Å². The minimum Gasteiger partial charge on any atom is -0.481 e. The van der Waals surface area contributed by atoms with Gasteiger partial charge in [0.2, 0.25) is 11.8 Å². The predicted octanol–water partition coefficient (Wildman–Crippen LogP) is 3.46. The van der Waals surface area contributed by atoms with Crippen LogP contribution in [-0.4, -0.2) is 63.9 Å². The predicted molar refractivity (Wildman–Crippen MR) is 138 cm³/mol. The number of likely N-dealkylation sites (tertiary alicyclic amines) is 1. The highest BCUT2D eigenvalue weighted by atomic mass is 16.5. The lowest BCUT2D eigenvalue weighted by molar-refractivity contribution is -0.130. The maximum absolute atomic E-state index is 13.3. The first-order valence-corrected chi connectivity index (χ1v) is 11.5. The molecule has 0 aliphatic carbocycles. The lowest BCUT2D eigenvalue weighted by Gasteiger charge is -2.32. The summed E-state index contributed by atoms with van der Waals surface area (Å²) >= 11 is 0. The number of ether oxygens (including phenoxy) is 1. The van der Waals surface area contributed by atoms with Crippen LogP contribution in [0.1, 0.15) is 25.8 Å². The molecule has 4 aromatic rings. The summed E-state index contributed by atoms with van der Waals surface area (Å²) in [5.74, 6) is 0.647. The Morgan fingerprint density at radius 3 is 2.40 bits per heavy atom. The number of carbonyl (C=O) groups excluding carboxylic acids is 1. The number of amides is 1. The molecule has 0 atom stereocenters. The highest BCUT2D eigenvalue weighted by Gasteiger charge is 2.26. The van der Waals surface area contributed by atoms with E-state index < -0.39 is 0 Å². The Balaban J connectivity index is 0.000000917. The molecule has 1 aliphatic rings. The van der Waals surface area contributed by atoms with Gasteiger partial charge in [-0.05, 0) is 43.3 Å². The highest BCUT2D eigenvalue weighted by molar-refractivity contribution is 6.04. The fraction of sp³-hybridized carbons (Fsp3) is 0.346. The number of fused-ring (bicyclic) bond motifs is 3. The van der Waals surface area contributed by atoms with Crippen LogP contribution < -0.4 is 10.4 Å². The van der Waals surface area contributed by atoms with Crippen molar-refractivity contribution < 1.29 is 9.53 Å². The minimum atomic E-state index is -0.0490. The van der Waals surface area contributed by atoms with Gasteiger partial charge in [0.05, 0.1) is 29.9 Å². The third kappa shape index (κ3) is 4.53. The van der Waals surface area contributed by atoms with Crippen LogP contribution in [0.15, 0.2) is 52.5 Å². The number of carbonyl (C=O) groups is 1. The van der Waals surface area contributed by atoms with Crippen LogP contribution in [0.25, 0.3) is 33.1 Å². The van der Waals surface area contributed by atoms with Crippen LogP contribution in [0.3, 0.4) is 0 Å². The van der Waals surface area contributed by atoms with Crippen LogP contribution in [0, 0.1) is 0 Å². The molecule has 1 amide bonds. The van der Waals surface area contributed by atoms with Crippen molar-refractivity contribution in [1.82, 2.24) is 24.0 Å². The number of rotatable bonds is 3. The Bertz CT molecular complexity index is 1430. The Morgan fingerprint density at radius 1 is 1.11 bits per heavy atom. The van der Waals surface area contributed by atoms with Gasteiger partial charge in [-0.3, -0.25) is 18.9 Å². The van der Waals surface area contributed by atoms with Crippen molar-refractivity contribution in [1.29, 1.82) is 0 Å². The second kappa shape index (κ2) is 10.1. The standard InChI is InChI=1S/C24H25N5O3.C2H5N/c1-15(30)28-10-8-18(9-11-28)29-23-19-12-16(17-5-7-22(32-3)26-13-17)4-6-20(19)25-14-21(23)27(2)24(29)31;1-3-2/h4-7,12-14,18H,8-11H2,1-3H3;1H2,2H3. The molecule has 5 rings (SSSR count). The van der Waals surface area contributed by atoms with Crippen molar-refractivity contribution in [2.75, 3.05) is 27.2 Å². The molecule has 9 heteroatoms. The van der Waals surface area contributed by atoms with E-state index in [4.69, 9.17) is 4.74 Å². The minimum absolute atomic E-state index is 0.0405. The maximum Gasteiger partial charge on any atom is 0.329 e. The number of imidazole rings is 1. The van der Waals surface area contributed by atoms with E-state index in [0.717, 1.165) is 45.9 Å². The number of hydrogen-bond acceptors (Lipinski definition) is 6. The van der Waals surface area contributed by atoms with Gasteiger partial charge in [-0.2, -0.15) is 0 Å². The lowest BCUT2D eigenvalue weighted by atomic mass is 10.0. The van der Waals surface area contributed by atoms with E-state index in [0.29, 0.717) is 19.0 Å². The maximum atomic E-state index is 13.3. The topological polar surface area (TPSA) is 94.6 Å². The van der Waals surface area contributed by atoms with E-state index in [1.165, 1.54) is 0 Å². The fourth-order valence-corrected chi connectivity index (χ4v) is 4.66. The van der Waals surface area contributed by atoms with Crippen LogP contribution in [0.2, 0.25) is 0 Å². The molecule has 0 N–H and O–H groups in total. The van der Waals surface area contributed by atoms with Gasteiger partial charge >= 0.3 is 5.69 Å². The molecule has 0 saturated carbocycles. The number of hydrogen-bond donors (Lipinski definition) is 0. The van der Waals surface area contributed by atoms with Gasteiger partial charge in [-0.15, -0.1) is 0 Å². The van der Waals surface area contributed by atoms with Gasteiger partial charge in [0.15, 0.2) is 0 Å². The zero-order valence-corrected chi connectivity index (χ0v) is 20.6. The van der Waals surface area contributed by atoms with E-state index >= 15 is 0 Å². The largest absolute Gasteiger partial charge is 0.481 e. The molecule has 182 valence electrons. The number of nitrogens with zero attached hydrogens (tertiary/aromatic N) is 6. The van der Waals surface area contributed by atoms with E-state index in [2.05, 4.69) is 27.7 Å². The van der Waals surface area contributed by atoms with E-state index in [1.807, 2.05) is 33.7 Å². The molecule has 35 heavy (non-hydrogen) atoms. The summed E-state index contributed by atoms with van der Waals surface area (Å²) in [6, 6.07) is 9.92. The fourth-order valence-electron chi connectivity index (χ4n) is 4.66. The molecule has 9 nitrogen and oxygen atoms in total. The van der Waals surface area contributed by atoms with E-state index in [9.17, 15) is 9.59 Å². The first-order valence-electron chi connectivity index (χ1n) is 11.5. The molecule has 1 aromatic carbocycles. The Hall–Kier alpha value is -4.01. The summed E-state index contributed by atoms with van der Waals surface area (Å²) in [5, 5.41) is 0.933. The molecule has 0 spiro atoms. The number of aromatic nitrogens is 4. The van der Waals surface area contributed by atoms with Crippen molar-refractivity contribution in [3.05, 3.63) is 53.2 Å². The Kier molecular flexibility index (Phi) is 6.95. The molecular formula is C26H30N6O3. The molecule has 0 bridgehead atoms. The van der Waals surface area contributed by atoms with Gasteiger partial charge in [-0.1, -0.05) is 6.07 Å². The van der Waals surface area contributed by atoms with Crippen LogP contribution >= 0.6 is 0 Å². The smallest absolute Gasteiger partial charge is 0.329 e. The van der Waals surface area contributed by atoms with Gasteiger partial charge < -0.3 is 14.6 Å². The normalized spacial score (nSPS) is 14.0. The summed E-state index contributed by atoms with van der Waals surface area (Å²) < 4.78 is 8.74. The number of piperidine rings is 1. The van der Waals surface area contributed by atoms with Crippen molar-refractivity contribution in [3.8, 4) is 17.0 Å². The zero-order valence-electron chi connectivity index (χ0n) is 20.6. The van der Waals surface area contributed by atoms with Crippen LogP contribution in [0.5, 0.6) is 5.88 Å². The summed E-state index contributed by atoms with van der Waals surface area (Å²) in [6.07, 6.45) is 5.06. The molecule has 1 saturated heterocycles. The number of aryl methyl sites for hydroxylation is 1. The number of pyridine rings is 2.